The maximum Gasteiger partial charge on any atom is 0.417 e. The van der Waals surface area contributed by atoms with Crippen molar-refractivity contribution >= 4 is 48.6 Å². The Morgan fingerprint density at radius 1 is 0.795 bits per heavy atom. The van der Waals surface area contributed by atoms with Gasteiger partial charge < -0.3 is 28.7 Å². The first-order valence-corrected chi connectivity index (χ1v) is 17.2. The molecule has 0 spiro atoms. The predicted octanol–water partition coefficient (Wildman–Crippen LogP) is 3.61. The Kier molecular flexibility index (Phi) is 13.7. The van der Waals surface area contributed by atoms with Crippen LogP contribution in [0.15, 0.2) is 32.1 Å². The molecule has 2 N–H and O–H groups in total. The lowest BCUT2D eigenvalue weighted by molar-refractivity contribution is -0.175. The average Bonchev–Trinajstić information content (AvgIpc) is 3.69. The Balaban J connectivity index is 1.26. The fourth-order valence-corrected chi connectivity index (χ4v) is 6.92. The summed E-state index contributed by atoms with van der Waals surface area (Å²) in [4.78, 5) is 30.2. The van der Waals surface area contributed by atoms with Gasteiger partial charge in [-0.05, 0) is 50.9 Å². The Labute approximate surface area is 270 Å². The molecule has 0 fully saturated rings. The van der Waals surface area contributed by atoms with Gasteiger partial charge in [0.2, 0.25) is 0 Å². The molecular weight excluding hydrogens is 605 g/mol. The van der Waals surface area contributed by atoms with Crippen molar-refractivity contribution in [2.75, 3.05) is 53.5 Å². The van der Waals surface area contributed by atoms with E-state index < -0.39 is 35.6 Å². The maximum atomic E-state index is 12.8. The third-order valence-electron chi connectivity index (χ3n) is 8.08. The molecule has 0 saturated carbocycles. The monoisotopic (exact) mass is 652 g/mol. The highest BCUT2D eigenvalue weighted by atomic mass is 32.2. The molecule has 4 atom stereocenters. The van der Waals surface area contributed by atoms with Crippen molar-refractivity contribution in [1.82, 2.24) is 19.2 Å². The first kappa shape index (κ1) is 35.1. The molecule has 246 valence electrons. The largest absolute Gasteiger partial charge is 0.454 e. The molecule has 0 aliphatic carbocycles. The van der Waals surface area contributed by atoms with Gasteiger partial charge in [0.25, 0.3) is 0 Å². The zero-order chi connectivity index (χ0) is 31.4. The van der Waals surface area contributed by atoms with E-state index in [4.69, 9.17) is 18.9 Å². The van der Waals surface area contributed by atoms with Crippen LogP contribution in [0.3, 0.4) is 0 Å². The number of rotatable bonds is 16. The molecule has 4 unspecified atom stereocenters. The van der Waals surface area contributed by atoms with Gasteiger partial charge in [-0.1, -0.05) is 38.8 Å². The number of esters is 2. The van der Waals surface area contributed by atoms with E-state index in [2.05, 4.69) is 54.3 Å². The molecular formula is C30H48N6O6S2. The van der Waals surface area contributed by atoms with E-state index >= 15 is 0 Å². The fraction of sp³-hybridized carbons (Fsp3) is 0.733. The number of nitrogens with zero attached hydrogens (tertiary/aromatic N) is 4. The lowest BCUT2D eigenvalue weighted by Crippen LogP contribution is -2.49. The summed E-state index contributed by atoms with van der Waals surface area (Å²) in [5.41, 5.74) is 0.661. The number of carbonyl (C=O) groups is 2. The van der Waals surface area contributed by atoms with Crippen LogP contribution in [0.1, 0.15) is 65.2 Å². The molecule has 14 heteroatoms. The second kappa shape index (κ2) is 17.2. The fourth-order valence-electron chi connectivity index (χ4n) is 5.65. The molecule has 0 aromatic carbocycles. The number of hydrogen-bond acceptors (Lipinski definition) is 14. The number of hydrogen-bond donors (Lipinski definition) is 2. The van der Waals surface area contributed by atoms with Crippen LogP contribution >= 0.6 is 24.3 Å². The molecule has 0 bridgehead atoms. The molecule has 0 radical (unpaired) electrons. The minimum atomic E-state index is -0.972. The highest BCUT2D eigenvalue weighted by Crippen LogP contribution is 2.30. The van der Waals surface area contributed by atoms with Crippen molar-refractivity contribution in [1.29, 1.82) is 0 Å². The molecule has 0 aromatic rings. The van der Waals surface area contributed by atoms with Gasteiger partial charge in [-0.25, -0.2) is 27.8 Å². The number of likely N-dealkylation sites (N-methyl/N-ethyl adjacent to an activating group) is 2. The molecule has 0 amide bonds. The molecule has 4 aliphatic rings. The SMILES string of the molecule is CCCC(CCOC1(C2=CCCN(C)C2)C=NSN1)OC(=O)C(=O)OC(CCC)CCOC1(C2=CCCN(C)C2)C=NSN1. The van der Waals surface area contributed by atoms with E-state index in [-0.39, 0.29) is 0 Å². The van der Waals surface area contributed by atoms with Crippen molar-refractivity contribution in [3.05, 3.63) is 23.3 Å². The maximum absolute atomic E-state index is 12.8. The van der Waals surface area contributed by atoms with Crippen LogP contribution in [-0.4, -0.2) is 111 Å². The third kappa shape index (κ3) is 9.61. The van der Waals surface area contributed by atoms with E-state index in [0.29, 0.717) is 38.9 Å². The summed E-state index contributed by atoms with van der Waals surface area (Å²) in [5.74, 6) is -1.94. The minimum absolute atomic E-state index is 0.326. The second-order valence-electron chi connectivity index (χ2n) is 11.7. The van der Waals surface area contributed by atoms with Gasteiger partial charge in [0, 0.05) is 39.0 Å². The lowest BCUT2D eigenvalue weighted by Gasteiger charge is -2.34. The number of carbonyl (C=O) groups excluding carboxylic acids is 2. The van der Waals surface area contributed by atoms with Crippen LogP contribution in [-0.2, 0) is 28.5 Å². The zero-order valence-corrected chi connectivity index (χ0v) is 28.1. The first-order chi connectivity index (χ1) is 21.3. The van der Waals surface area contributed by atoms with Gasteiger partial charge in [-0.15, -0.1) is 0 Å². The molecule has 0 saturated heterocycles. The van der Waals surface area contributed by atoms with Gasteiger partial charge >= 0.3 is 11.9 Å². The first-order valence-electron chi connectivity index (χ1n) is 15.7. The standard InChI is InChI=1S/C30H48N6O6S2/c1-5-9-25(13-17-39-29(21-31-43-33-29)23-11-7-15-35(3)19-23)41-27(37)28(38)42-26(10-6-2)14-18-40-30(22-32-44-34-30)24-12-8-16-36(4)20-24/h11-12,21-22,25-26,33-34H,5-10,13-20H2,1-4H3. The quantitative estimate of drug-likeness (QED) is 0.110. The van der Waals surface area contributed by atoms with Crippen LogP contribution in [0.2, 0.25) is 0 Å². The van der Waals surface area contributed by atoms with Crippen LogP contribution in [0, 0.1) is 0 Å². The van der Waals surface area contributed by atoms with E-state index in [0.717, 1.165) is 63.0 Å². The van der Waals surface area contributed by atoms with E-state index in [1.165, 1.54) is 24.3 Å². The Bertz CT molecular complexity index is 1020. The number of nitrogens with one attached hydrogen (secondary N) is 2. The van der Waals surface area contributed by atoms with Crippen molar-refractivity contribution in [3.63, 3.8) is 0 Å². The summed E-state index contributed by atoms with van der Waals surface area (Å²) in [6, 6.07) is 0. The average molecular weight is 653 g/mol. The zero-order valence-electron chi connectivity index (χ0n) is 26.4. The van der Waals surface area contributed by atoms with Gasteiger partial charge in [0.05, 0.1) is 49.9 Å². The highest BCUT2D eigenvalue weighted by molar-refractivity contribution is 7.96. The van der Waals surface area contributed by atoms with Crippen molar-refractivity contribution in [2.45, 2.75) is 88.9 Å². The molecule has 4 heterocycles. The van der Waals surface area contributed by atoms with Gasteiger partial charge in [0.1, 0.15) is 12.2 Å². The molecule has 4 rings (SSSR count). The second-order valence-corrected chi connectivity index (χ2v) is 12.9. The van der Waals surface area contributed by atoms with Gasteiger partial charge in [-0.3, -0.25) is 0 Å². The molecule has 4 aliphatic heterocycles. The lowest BCUT2D eigenvalue weighted by atomic mass is 10.00. The van der Waals surface area contributed by atoms with Gasteiger partial charge in [0.15, 0.2) is 11.4 Å². The molecule has 12 nitrogen and oxygen atoms in total. The summed E-state index contributed by atoms with van der Waals surface area (Å²) in [6.07, 6.45) is 12.7. The summed E-state index contributed by atoms with van der Waals surface area (Å²) < 4.78 is 39.0. The number of ether oxygens (including phenoxy) is 4. The van der Waals surface area contributed by atoms with E-state index in [9.17, 15) is 9.59 Å². The van der Waals surface area contributed by atoms with E-state index in [1.54, 1.807) is 12.4 Å². The van der Waals surface area contributed by atoms with Crippen molar-refractivity contribution in [3.8, 4) is 0 Å². The predicted molar refractivity (Wildman–Crippen MR) is 175 cm³/mol. The van der Waals surface area contributed by atoms with Crippen molar-refractivity contribution < 1.29 is 28.5 Å². The highest BCUT2D eigenvalue weighted by Gasteiger charge is 2.40. The Hall–Kier alpha value is -1.78. The summed E-state index contributed by atoms with van der Waals surface area (Å²) >= 11 is 2.51. The summed E-state index contributed by atoms with van der Waals surface area (Å²) in [6.45, 7) is 8.25. The molecule has 0 aromatic heterocycles. The topological polar surface area (TPSA) is 126 Å². The van der Waals surface area contributed by atoms with Crippen LogP contribution in [0.5, 0.6) is 0 Å². The van der Waals surface area contributed by atoms with Crippen molar-refractivity contribution in [2.24, 2.45) is 8.80 Å². The van der Waals surface area contributed by atoms with Gasteiger partial charge in [-0.2, -0.15) is 0 Å². The molecule has 44 heavy (non-hydrogen) atoms. The van der Waals surface area contributed by atoms with Crippen LogP contribution < -0.4 is 9.44 Å². The minimum Gasteiger partial charge on any atom is -0.454 e. The van der Waals surface area contributed by atoms with Crippen LogP contribution in [0.25, 0.3) is 0 Å². The van der Waals surface area contributed by atoms with Crippen LogP contribution in [0.4, 0.5) is 0 Å². The smallest absolute Gasteiger partial charge is 0.417 e. The normalized spacial score (nSPS) is 27.2. The third-order valence-corrected chi connectivity index (χ3v) is 9.29. The summed E-state index contributed by atoms with van der Waals surface area (Å²) in [5, 5.41) is 0. The van der Waals surface area contributed by atoms with E-state index in [1.807, 2.05) is 13.8 Å². The Morgan fingerprint density at radius 3 is 1.57 bits per heavy atom. The Morgan fingerprint density at radius 2 is 1.23 bits per heavy atom. The summed E-state index contributed by atoms with van der Waals surface area (Å²) in [7, 11) is 4.17.